The summed E-state index contributed by atoms with van der Waals surface area (Å²) in [6.45, 7) is 2.16. The normalized spacial score (nSPS) is 10.0. The van der Waals surface area contributed by atoms with Crippen molar-refractivity contribution < 1.29 is 8.78 Å². The average Bonchev–Trinajstić information content (AvgIpc) is 2.37. The summed E-state index contributed by atoms with van der Waals surface area (Å²) >= 11 is 0. The van der Waals surface area contributed by atoms with Crippen molar-refractivity contribution in [3.8, 4) is 6.07 Å². The molecular formula is C15H12F2N2. The van der Waals surface area contributed by atoms with Crippen molar-refractivity contribution >= 4 is 5.69 Å². The zero-order chi connectivity index (χ0) is 13.8. The van der Waals surface area contributed by atoms with Crippen LogP contribution in [0.2, 0.25) is 0 Å². The van der Waals surface area contributed by atoms with Crippen LogP contribution in [0.15, 0.2) is 36.4 Å². The number of benzene rings is 2. The molecule has 19 heavy (non-hydrogen) atoms. The maximum atomic E-state index is 13.2. The summed E-state index contributed by atoms with van der Waals surface area (Å²) in [6, 6.07) is 10.5. The molecule has 0 saturated carbocycles. The molecule has 2 aromatic carbocycles. The molecule has 0 amide bonds. The number of nitrogens with one attached hydrogen (secondary N) is 1. The number of rotatable bonds is 3. The van der Waals surface area contributed by atoms with Gasteiger partial charge in [-0.25, -0.2) is 8.78 Å². The first-order valence-corrected chi connectivity index (χ1v) is 5.78. The predicted molar refractivity (Wildman–Crippen MR) is 69.6 cm³/mol. The van der Waals surface area contributed by atoms with Crippen LogP contribution in [0.3, 0.4) is 0 Å². The second kappa shape index (κ2) is 5.49. The number of anilines is 1. The summed E-state index contributed by atoms with van der Waals surface area (Å²) in [5.41, 5.74) is 2.51. The SMILES string of the molecule is Cc1cc(F)ccc1NCc1cc(F)cc(C#N)c1. The van der Waals surface area contributed by atoms with E-state index in [0.717, 1.165) is 11.3 Å². The Hall–Kier alpha value is -2.41. The predicted octanol–water partition coefficient (Wildman–Crippen LogP) is 3.76. The molecule has 0 spiro atoms. The van der Waals surface area contributed by atoms with Gasteiger partial charge in [-0.15, -0.1) is 0 Å². The lowest BCUT2D eigenvalue weighted by atomic mass is 10.1. The maximum absolute atomic E-state index is 13.2. The van der Waals surface area contributed by atoms with Crippen LogP contribution in [0.4, 0.5) is 14.5 Å². The van der Waals surface area contributed by atoms with Gasteiger partial charge in [0.1, 0.15) is 11.6 Å². The number of nitriles is 1. The molecule has 0 fully saturated rings. The summed E-state index contributed by atoms with van der Waals surface area (Å²) in [4.78, 5) is 0. The third-order valence-corrected chi connectivity index (χ3v) is 2.76. The average molecular weight is 258 g/mol. The first-order valence-electron chi connectivity index (χ1n) is 5.78. The van der Waals surface area contributed by atoms with Gasteiger partial charge in [0.05, 0.1) is 11.6 Å². The van der Waals surface area contributed by atoms with Crippen LogP contribution in [-0.2, 0) is 6.54 Å². The molecule has 0 radical (unpaired) electrons. The van der Waals surface area contributed by atoms with Crippen LogP contribution < -0.4 is 5.32 Å². The molecule has 0 heterocycles. The van der Waals surface area contributed by atoms with E-state index in [1.807, 2.05) is 6.07 Å². The Morgan fingerprint density at radius 2 is 1.89 bits per heavy atom. The van der Waals surface area contributed by atoms with E-state index in [1.165, 1.54) is 24.3 Å². The zero-order valence-electron chi connectivity index (χ0n) is 10.4. The van der Waals surface area contributed by atoms with Crippen molar-refractivity contribution in [2.24, 2.45) is 0 Å². The van der Waals surface area contributed by atoms with Crippen molar-refractivity contribution in [1.29, 1.82) is 5.26 Å². The lowest BCUT2D eigenvalue weighted by Crippen LogP contribution is -2.02. The van der Waals surface area contributed by atoms with Gasteiger partial charge >= 0.3 is 0 Å². The van der Waals surface area contributed by atoms with Crippen molar-refractivity contribution in [1.82, 2.24) is 0 Å². The van der Waals surface area contributed by atoms with Gasteiger partial charge in [-0.1, -0.05) is 0 Å². The fourth-order valence-electron chi connectivity index (χ4n) is 1.84. The molecule has 2 rings (SSSR count). The van der Waals surface area contributed by atoms with Gasteiger partial charge in [-0.05, 0) is 54.4 Å². The Labute approximate surface area is 110 Å². The Morgan fingerprint density at radius 3 is 2.58 bits per heavy atom. The third kappa shape index (κ3) is 3.29. The minimum absolute atomic E-state index is 0.285. The Morgan fingerprint density at radius 1 is 1.11 bits per heavy atom. The van der Waals surface area contributed by atoms with Crippen molar-refractivity contribution in [3.05, 3.63) is 64.7 Å². The Balaban J connectivity index is 2.14. The lowest BCUT2D eigenvalue weighted by molar-refractivity contribution is 0.625. The van der Waals surface area contributed by atoms with Gasteiger partial charge in [0.15, 0.2) is 0 Å². The standard InChI is InChI=1S/C15H12F2N2/c1-10-4-13(16)2-3-15(10)19-9-12-5-11(8-18)6-14(17)7-12/h2-7,19H,9H2,1H3. The smallest absolute Gasteiger partial charge is 0.124 e. The second-order valence-electron chi connectivity index (χ2n) is 4.27. The largest absolute Gasteiger partial charge is 0.381 e. The van der Waals surface area contributed by atoms with E-state index in [2.05, 4.69) is 5.32 Å². The van der Waals surface area contributed by atoms with Crippen LogP contribution >= 0.6 is 0 Å². The van der Waals surface area contributed by atoms with E-state index in [1.54, 1.807) is 19.1 Å². The quantitative estimate of drug-likeness (QED) is 0.909. The molecule has 4 heteroatoms. The molecule has 96 valence electrons. The van der Waals surface area contributed by atoms with Gasteiger partial charge in [0.25, 0.3) is 0 Å². The zero-order valence-corrected chi connectivity index (χ0v) is 10.4. The summed E-state index contributed by atoms with van der Waals surface area (Å²) in [7, 11) is 0. The molecule has 0 bridgehead atoms. The molecule has 0 aliphatic rings. The highest BCUT2D eigenvalue weighted by atomic mass is 19.1. The van der Waals surface area contributed by atoms with Crippen LogP contribution in [0.25, 0.3) is 0 Å². The minimum atomic E-state index is -0.438. The fraction of sp³-hybridized carbons (Fsp3) is 0.133. The number of hydrogen-bond acceptors (Lipinski definition) is 2. The topological polar surface area (TPSA) is 35.8 Å². The number of hydrogen-bond donors (Lipinski definition) is 1. The number of aryl methyl sites for hydroxylation is 1. The Kier molecular flexibility index (Phi) is 3.76. The molecule has 1 N–H and O–H groups in total. The van der Waals surface area contributed by atoms with E-state index in [0.29, 0.717) is 12.1 Å². The fourth-order valence-corrected chi connectivity index (χ4v) is 1.84. The van der Waals surface area contributed by atoms with E-state index >= 15 is 0 Å². The van der Waals surface area contributed by atoms with Crippen molar-refractivity contribution in [3.63, 3.8) is 0 Å². The monoisotopic (exact) mass is 258 g/mol. The summed E-state index contributed by atoms with van der Waals surface area (Å²) in [5.74, 6) is -0.729. The molecule has 0 aromatic heterocycles. The van der Waals surface area contributed by atoms with E-state index in [9.17, 15) is 8.78 Å². The maximum Gasteiger partial charge on any atom is 0.124 e. The van der Waals surface area contributed by atoms with Crippen LogP contribution in [-0.4, -0.2) is 0 Å². The van der Waals surface area contributed by atoms with Crippen LogP contribution in [0, 0.1) is 29.9 Å². The van der Waals surface area contributed by atoms with Gasteiger partial charge in [-0.3, -0.25) is 0 Å². The van der Waals surface area contributed by atoms with Gasteiger partial charge < -0.3 is 5.32 Å². The molecule has 2 nitrogen and oxygen atoms in total. The summed E-state index contributed by atoms with van der Waals surface area (Å²) < 4.78 is 26.2. The highest BCUT2D eigenvalue weighted by Crippen LogP contribution is 2.17. The highest BCUT2D eigenvalue weighted by Gasteiger charge is 2.03. The number of nitrogens with zero attached hydrogens (tertiary/aromatic N) is 1. The minimum Gasteiger partial charge on any atom is -0.381 e. The molecular weight excluding hydrogens is 246 g/mol. The molecule has 0 aliphatic carbocycles. The van der Waals surface area contributed by atoms with E-state index in [4.69, 9.17) is 5.26 Å². The first kappa shape index (κ1) is 13.0. The summed E-state index contributed by atoms with van der Waals surface area (Å²) in [6.07, 6.45) is 0. The molecule has 0 atom stereocenters. The number of halogens is 2. The third-order valence-electron chi connectivity index (χ3n) is 2.76. The second-order valence-corrected chi connectivity index (χ2v) is 4.27. The first-order chi connectivity index (χ1) is 9.08. The molecule has 0 saturated heterocycles. The molecule has 0 aliphatic heterocycles. The molecule has 2 aromatic rings. The van der Waals surface area contributed by atoms with Gasteiger partial charge in [0, 0.05) is 12.2 Å². The van der Waals surface area contributed by atoms with E-state index in [-0.39, 0.29) is 11.4 Å². The molecule has 0 unspecified atom stereocenters. The van der Waals surface area contributed by atoms with E-state index < -0.39 is 5.82 Å². The van der Waals surface area contributed by atoms with Crippen LogP contribution in [0.1, 0.15) is 16.7 Å². The lowest BCUT2D eigenvalue weighted by Gasteiger charge is -2.10. The van der Waals surface area contributed by atoms with Gasteiger partial charge in [-0.2, -0.15) is 5.26 Å². The Bertz CT molecular complexity index is 645. The van der Waals surface area contributed by atoms with Crippen LogP contribution in [0.5, 0.6) is 0 Å². The van der Waals surface area contributed by atoms with Gasteiger partial charge in [0.2, 0.25) is 0 Å². The highest BCUT2D eigenvalue weighted by molar-refractivity contribution is 5.51. The van der Waals surface area contributed by atoms with Crippen molar-refractivity contribution in [2.75, 3.05) is 5.32 Å². The van der Waals surface area contributed by atoms with Crippen molar-refractivity contribution in [2.45, 2.75) is 13.5 Å². The summed E-state index contributed by atoms with van der Waals surface area (Å²) in [5, 5.41) is 11.9.